The molecule has 4 nitrogen and oxygen atoms in total. The average molecular weight is 407 g/mol. The fourth-order valence-corrected chi connectivity index (χ4v) is 4.28. The predicted octanol–water partition coefficient (Wildman–Crippen LogP) is 5.37. The zero-order chi connectivity index (χ0) is 20.7. The third-order valence-corrected chi connectivity index (χ3v) is 5.64. The monoisotopic (exact) mass is 406 g/mol. The lowest BCUT2D eigenvalue weighted by Gasteiger charge is -2.18. The second-order valence-corrected chi connectivity index (χ2v) is 8.19. The fraction of sp³-hybridized carbons (Fsp3) is 0.208. The Morgan fingerprint density at radius 2 is 1.72 bits per heavy atom. The van der Waals surface area contributed by atoms with Gasteiger partial charge in [-0.3, -0.25) is 4.79 Å². The van der Waals surface area contributed by atoms with Crippen molar-refractivity contribution in [1.82, 2.24) is 9.88 Å². The quantitative estimate of drug-likeness (QED) is 0.448. The molecule has 0 amide bonds. The number of fused-ring (bicyclic) bond motifs is 3. The normalized spacial score (nSPS) is 12.7. The fourth-order valence-electron chi connectivity index (χ4n) is 4.03. The van der Waals surface area contributed by atoms with Gasteiger partial charge in [0.2, 0.25) is 0 Å². The lowest BCUT2D eigenvalue weighted by Crippen LogP contribution is -2.18. The van der Waals surface area contributed by atoms with E-state index in [1.165, 1.54) is 11.6 Å². The molecule has 0 unspecified atom stereocenters. The number of H-pyrrole nitrogens is 1. The van der Waals surface area contributed by atoms with Crippen molar-refractivity contribution in [3.8, 4) is 16.9 Å². The summed E-state index contributed by atoms with van der Waals surface area (Å²) >= 11 is 6.37. The Balaban J connectivity index is 1.97. The van der Waals surface area contributed by atoms with Gasteiger partial charge in [0.1, 0.15) is 5.75 Å². The molecule has 148 valence electrons. The van der Waals surface area contributed by atoms with E-state index in [1.54, 1.807) is 6.07 Å². The highest BCUT2D eigenvalue weighted by Gasteiger charge is 2.18. The number of phenols is 1. The van der Waals surface area contributed by atoms with Crippen molar-refractivity contribution in [3.05, 3.63) is 75.5 Å². The van der Waals surface area contributed by atoms with Crippen LogP contribution in [0.2, 0.25) is 5.02 Å². The SMILES string of the molecule is C[C@@H](CN(C)C)c1ccc(-c2c(O)cc(Cl)c3[nH]c(=O)c4ccccc4c23)cc1. The molecule has 4 aromatic rings. The van der Waals surface area contributed by atoms with Crippen LogP contribution in [0.15, 0.2) is 59.4 Å². The van der Waals surface area contributed by atoms with E-state index in [-0.39, 0.29) is 11.3 Å². The highest BCUT2D eigenvalue weighted by atomic mass is 35.5. The van der Waals surface area contributed by atoms with E-state index in [0.29, 0.717) is 27.4 Å². The van der Waals surface area contributed by atoms with Gasteiger partial charge in [-0.25, -0.2) is 0 Å². The summed E-state index contributed by atoms with van der Waals surface area (Å²) in [5, 5.41) is 13.2. The lowest BCUT2D eigenvalue weighted by molar-refractivity contribution is 0.383. The summed E-state index contributed by atoms with van der Waals surface area (Å²) in [4.78, 5) is 17.6. The Morgan fingerprint density at radius 1 is 1.07 bits per heavy atom. The van der Waals surface area contributed by atoms with Gasteiger partial charge in [0.05, 0.1) is 10.5 Å². The molecule has 2 N–H and O–H groups in total. The number of hydrogen-bond donors (Lipinski definition) is 2. The molecule has 4 rings (SSSR count). The molecule has 0 bridgehead atoms. The number of aromatic nitrogens is 1. The zero-order valence-electron chi connectivity index (χ0n) is 16.7. The Labute approximate surface area is 174 Å². The van der Waals surface area contributed by atoms with E-state index in [4.69, 9.17) is 11.6 Å². The van der Waals surface area contributed by atoms with Crippen LogP contribution in [0.4, 0.5) is 0 Å². The minimum Gasteiger partial charge on any atom is -0.507 e. The molecule has 0 aliphatic carbocycles. The number of nitrogens with zero attached hydrogens (tertiary/aromatic N) is 1. The van der Waals surface area contributed by atoms with Crippen LogP contribution in [0.5, 0.6) is 5.75 Å². The first-order valence-electron chi connectivity index (χ1n) is 9.58. The zero-order valence-corrected chi connectivity index (χ0v) is 17.4. The van der Waals surface area contributed by atoms with E-state index in [2.05, 4.69) is 43.0 Å². The maximum atomic E-state index is 12.5. The Kier molecular flexibility index (Phi) is 5.07. The van der Waals surface area contributed by atoms with E-state index >= 15 is 0 Å². The van der Waals surface area contributed by atoms with Crippen molar-refractivity contribution >= 4 is 33.3 Å². The standard InChI is InChI=1S/C24H23ClN2O2/c1-14(13-27(2)3)15-8-10-16(11-9-15)21-20(28)12-19(25)23-22(21)17-6-4-5-7-18(17)24(29)26-23/h4-12,14,28H,13H2,1-3H3,(H,26,29)/t14-/m0/s1. The number of aromatic hydroxyl groups is 1. The number of pyridine rings is 1. The summed E-state index contributed by atoms with van der Waals surface area (Å²) in [6.07, 6.45) is 0. The number of phenolic OH excluding ortho intramolecular Hbond substituents is 1. The third-order valence-electron chi connectivity index (χ3n) is 5.35. The number of rotatable bonds is 4. The van der Waals surface area contributed by atoms with Gasteiger partial charge in [-0.05, 0) is 42.6 Å². The molecule has 29 heavy (non-hydrogen) atoms. The number of aromatic amines is 1. The molecule has 0 saturated carbocycles. The summed E-state index contributed by atoms with van der Waals surface area (Å²) in [7, 11) is 4.13. The number of nitrogens with one attached hydrogen (secondary N) is 1. The second kappa shape index (κ2) is 7.54. The van der Waals surface area contributed by atoms with E-state index in [1.807, 2.05) is 30.3 Å². The molecule has 1 heterocycles. The summed E-state index contributed by atoms with van der Waals surface area (Å²) in [6.45, 7) is 3.16. The first-order chi connectivity index (χ1) is 13.9. The van der Waals surface area contributed by atoms with Crippen LogP contribution in [0.3, 0.4) is 0 Å². The second-order valence-electron chi connectivity index (χ2n) is 7.79. The Morgan fingerprint density at radius 3 is 2.38 bits per heavy atom. The summed E-state index contributed by atoms with van der Waals surface area (Å²) in [5.74, 6) is 0.487. The van der Waals surface area contributed by atoms with Gasteiger partial charge in [-0.1, -0.05) is 61.0 Å². The molecule has 1 atom stereocenters. The van der Waals surface area contributed by atoms with Gasteiger partial charge in [-0.2, -0.15) is 0 Å². The van der Waals surface area contributed by atoms with Crippen molar-refractivity contribution < 1.29 is 5.11 Å². The minimum atomic E-state index is -0.195. The molecule has 3 aromatic carbocycles. The maximum absolute atomic E-state index is 12.5. The summed E-state index contributed by atoms with van der Waals surface area (Å²) in [6, 6.07) is 17.1. The van der Waals surface area contributed by atoms with Crippen molar-refractivity contribution in [2.75, 3.05) is 20.6 Å². The van der Waals surface area contributed by atoms with Crippen LogP contribution in [0, 0.1) is 0 Å². The molecule has 1 aromatic heterocycles. The van der Waals surface area contributed by atoms with Gasteiger partial charge in [-0.15, -0.1) is 0 Å². The third kappa shape index (κ3) is 3.50. The van der Waals surface area contributed by atoms with Crippen LogP contribution >= 0.6 is 11.6 Å². The van der Waals surface area contributed by atoms with E-state index in [0.717, 1.165) is 22.9 Å². The number of likely N-dealkylation sites (N-methyl/N-ethyl adjacent to an activating group) is 1. The van der Waals surface area contributed by atoms with Gasteiger partial charge >= 0.3 is 0 Å². The molecule has 5 heteroatoms. The topological polar surface area (TPSA) is 56.3 Å². The van der Waals surface area contributed by atoms with Crippen LogP contribution in [-0.2, 0) is 0 Å². The van der Waals surface area contributed by atoms with Crippen LogP contribution in [0.25, 0.3) is 32.8 Å². The number of halogens is 1. The van der Waals surface area contributed by atoms with E-state index in [9.17, 15) is 9.90 Å². The molecular formula is C24H23ClN2O2. The molecule has 0 radical (unpaired) electrons. The van der Waals surface area contributed by atoms with Gasteiger partial charge in [0, 0.05) is 28.9 Å². The molecule has 0 saturated heterocycles. The van der Waals surface area contributed by atoms with Crippen LogP contribution in [0.1, 0.15) is 18.4 Å². The van der Waals surface area contributed by atoms with Crippen LogP contribution < -0.4 is 5.56 Å². The molecule has 0 aliphatic rings. The number of benzene rings is 3. The van der Waals surface area contributed by atoms with Crippen molar-refractivity contribution in [1.29, 1.82) is 0 Å². The number of hydrogen-bond acceptors (Lipinski definition) is 3. The average Bonchev–Trinajstić information content (AvgIpc) is 2.69. The first kappa shape index (κ1) is 19.5. The van der Waals surface area contributed by atoms with Gasteiger partial charge in [0.25, 0.3) is 5.56 Å². The minimum absolute atomic E-state index is 0.0915. The Bertz CT molecular complexity index is 1260. The Hall–Kier alpha value is -2.82. The van der Waals surface area contributed by atoms with Gasteiger partial charge in [0.15, 0.2) is 0 Å². The first-order valence-corrected chi connectivity index (χ1v) is 9.96. The van der Waals surface area contributed by atoms with E-state index < -0.39 is 0 Å². The molecule has 0 spiro atoms. The maximum Gasteiger partial charge on any atom is 0.256 e. The molecule has 0 aliphatic heterocycles. The smallest absolute Gasteiger partial charge is 0.256 e. The summed E-state index contributed by atoms with van der Waals surface area (Å²) < 4.78 is 0. The summed E-state index contributed by atoms with van der Waals surface area (Å²) in [5.41, 5.74) is 3.12. The van der Waals surface area contributed by atoms with Crippen molar-refractivity contribution in [2.24, 2.45) is 0 Å². The molecular weight excluding hydrogens is 384 g/mol. The highest BCUT2D eigenvalue weighted by molar-refractivity contribution is 6.37. The van der Waals surface area contributed by atoms with Crippen LogP contribution in [-0.4, -0.2) is 35.6 Å². The predicted molar refractivity (Wildman–Crippen MR) is 121 cm³/mol. The molecule has 0 fully saturated rings. The lowest BCUT2D eigenvalue weighted by atomic mass is 9.93. The van der Waals surface area contributed by atoms with Crippen molar-refractivity contribution in [2.45, 2.75) is 12.8 Å². The largest absolute Gasteiger partial charge is 0.507 e. The van der Waals surface area contributed by atoms with Crippen molar-refractivity contribution in [3.63, 3.8) is 0 Å². The van der Waals surface area contributed by atoms with Gasteiger partial charge < -0.3 is 15.0 Å². The highest BCUT2D eigenvalue weighted by Crippen LogP contribution is 2.42.